The van der Waals surface area contributed by atoms with Gasteiger partial charge in [-0.25, -0.2) is 13.9 Å². The van der Waals surface area contributed by atoms with Crippen molar-refractivity contribution < 1.29 is 23.9 Å². The van der Waals surface area contributed by atoms with E-state index in [4.69, 9.17) is 4.74 Å². The van der Waals surface area contributed by atoms with Crippen molar-refractivity contribution in [1.82, 2.24) is 4.57 Å². The lowest BCUT2D eigenvalue weighted by Crippen LogP contribution is -2.34. The number of carbonyl (C=O) groups is 1. The molecule has 1 heterocycles. The Hall–Kier alpha value is -2.86. The van der Waals surface area contributed by atoms with Crippen LogP contribution in [0.25, 0.3) is 11.0 Å². The number of aliphatic hydroxyl groups excluding tert-OH is 1. The number of esters is 1. The molecule has 0 amide bonds. The van der Waals surface area contributed by atoms with Crippen LogP contribution < -0.4 is 9.30 Å². The highest BCUT2D eigenvalue weighted by molar-refractivity contribution is 5.89. The monoisotopic (exact) mass is 369 g/mol. The minimum Gasteiger partial charge on any atom is -0.491 e. The SMILES string of the molecule is CCc1n(CC(O)COc2ccc(C(=O)OC)cc2)c2ccccc2[n+]1C. The van der Waals surface area contributed by atoms with E-state index in [-0.39, 0.29) is 12.6 Å². The van der Waals surface area contributed by atoms with E-state index in [2.05, 4.69) is 32.9 Å². The molecule has 142 valence electrons. The number of hydrogen-bond donors (Lipinski definition) is 1. The first-order chi connectivity index (χ1) is 13.0. The predicted octanol–water partition coefficient (Wildman–Crippen LogP) is 2.25. The van der Waals surface area contributed by atoms with Crippen LogP contribution in [-0.4, -0.2) is 35.5 Å². The molecule has 0 saturated carbocycles. The second-order valence-corrected chi connectivity index (χ2v) is 6.41. The Labute approximate surface area is 158 Å². The quantitative estimate of drug-likeness (QED) is 0.513. The van der Waals surface area contributed by atoms with Crippen LogP contribution in [0.15, 0.2) is 48.5 Å². The van der Waals surface area contributed by atoms with Gasteiger partial charge in [0.1, 0.15) is 25.0 Å². The predicted molar refractivity (Wildman–Crippen MR) is 102 cm³/mol. The van der Waals surface area contributed by atoms with Gasteiger partial charge in [-0.2, -0.15) is 0 Å². The molecule has 3 rings (SSSR count). The van der Waals surface area contributed by atoms with Crippen molar-refractivity contribution in [3.63, 3.8) is 0 Å². The zero-order chi connectivity index (χ0) is 19.4. The van der Waals surface area contributed by atoms with Gasteiger partial charge >= 0.3 is 5.97 Å². The Morgan fingerprint density at radius 2 is 1.89 bits per heavy atom. The van der Waals surface area contributed by atoms with Gasteiger partial charge in [-0.15, -0.1) is 0 Å². The summed E-state index contributed by atoms with van der Waals surface area (Å²) in [6.07, 6.45) is 0.208. The fourth-order valence-electron chi connectivity index (χ4n) is 3.33. The molecule has 0 fully saturated rings. The highest BCUT2D eigenvalue weighted by atomic mass is 16.5. The highest BCUT2D eigenvalue weighted by Gasteiger charge is 2.23. The van der Waals surface area contributed by atoms with E-state index in [1.165, 1.54) is 7.11 Å². The van der Waals surface area contributed by atoms with Crippen molar-refractivity contribution in [3.05, 3.63) is 59.9 Å². The summed E-state index contributed by atoms with van der Waals surface area (Å²) >= 11 is 0. The molecular formula is C21H25N2O4+. The van der Waals surface area contributed by atoms with E-state index in [0.29, 0.717) is 17.9 Å². The average Bonchev–Trinajstić information content (AvgIpc) is 2.97. The summed E-state index contributed by atoms with van der Waals surface area (Å²) in [5.74, 6) is 1.36. The molecule has 3 aromatic rings. The average molecular weight is 369 g/mol. The molecule has 0 bridgehead atoms. The molecule has 1 unspecified atom stereocenters. The molecule has 6 nitrogen and oxygen atoms in total. The van der Waals surface area contributed by atoms with Gasteiger partial charge in [0.05, 0.1) is 19.7 Å². The van der Waals surface area contributed by atoms with Crippen LogP contribution in [0, 0.1) is 0 Å². The summed E-state index contributed by atoms with van der Waals surface area (Å²) in [6.45, 7) is 2.72. The molecule has 1 aromatic heterocycles. The Bertz CT molecular complexity index is 931. The molecule has 1 N–H and O–H groups in total. The fraction of sp³-hybridized carbons (Fsp3) is 0.333. The summed E-state index contributed by atoms with van der Waals surface area (Å²) in [4.78, 5) is 11.5. The van der Waals surface area contributed by atoms with Crippen LogP contribution in [0.3, 0.4) is 0 Å². The van der Waals surface area contributed by atoms with Crippen molar-refractivity contribution in [2.75, 3.05) is 13.7 Å². The lowest BCUT2D eigenvalue weighted by Gasteiger charge is -2.12. The van der Waals surface area contributed by atoms with Gasteiger partial charge in [0, 0.05) is 6.42 Å². The van der Waals surface area contributed by atoms with Gasteiger partial charge in [-0.05, 0) is 36.4 Å². The minimum atomic E-state index is -0.661. The number of fused-ring (bicyclic) bond motifs is 1. The number of hydrogen-bond acceptors (Lipinski definition) is 4. The van der Waals surface area contributed by atoms with E-state index in [0.717, 1.165) is 23.3 Å². The number of carbonyl (C=O) groups excluding carboxylic acids is 1. The van der Waals surface area contributed by atoms with Crippen LogP contribution in [0.2, 0.25) is 0 Å². The van der Waals surface area contributed by atoms with Gasteiger partial charge in [-0.1, -0.05) is 19.1 Å². The summed E-state index contributed by atoms with van der Waals surface area (Å²) in [5, 5.41) is 10.5. The van der Waals surface area contributed by atoms with E-state index in [1.54, 1.807) is 24.3 Å². The second kappa shape index (κ2) is 8.22. The van der Waals surface area contributed by atoms with Crippen LogP contribution >= 0.6 is 0 Å². The van der Waals surface area contributed by atoms with E-state index >= 15 is 0 Å². The normalized spacial score (nSPS) is 12.1. The van der Waals surface area contributed by atoms with Crippen molar-refractivity contribution in [1.29, 1.82) is 0 Å². The molecule has 0 radical (unpaired) electrons. The fourth-order valence-corrected chi connectivity index (χ4v) is 3.33. The standard InChI is InChI=1S/C21H25N2O4/c1-4-20-22(2)18-7-5-6-8-19(18)23(20)13-16(24)14-27-17-11-9-15(10-12-17)21(25)26-3/h5-12,16,24H,4,13-14H2,1-3H3/q+1. The van der Waals surface area contributed by atoms with E-state index in [9.17, 15) is 9.90 Å². The molecule has 2 aromatic carbocycles. The molecule has 1 atom stereocenters. The van der Waals surface area contributed by atoms with Crippen LogP contribution in [0.1, 0.15) is 23.1 Å². The molecule has 0 aliphatic carbocycles. The summed E-state index contributed by atoms with van der Waals surface area (Å²) in [6, 6.07) is 14.8. The number of benzene rings is 2. The van der Waals surface area contributed by atoms with Gasteiger partial charge < -0.3 is 14.6 Å². The van der Waals surface area contributed by atoms with E-state index in [1.807, 2.05) is 19.2 Å². The number of aliphatic hydroxyl groups is 1. The number of ether oxygens (including phenoxy) is 2. The third kappa shape index (κ3) is 3.95. The van der Waals surface area contributed by atoms with Gasteiger partial charge in [0.15, 0.2) is 11.0 Å². The zero-order valence-electron chi connectivity index (χ0n) is 15.9. The number of rotatable bonds is 7. The Kier molecular flexibility index (Phi) is 5.76. The maximum absolute atomic E-state index is 11.5. The lowest BCUT2D eigenvalue weighted by atomic mass is 10.2. The number of methoxy groups -OCH3 is 1. The lowest BCUT2D eigenvalue weighted by molar-refractivity contribution is -0.653. The maximum atomic E-state index is 11.5. The number of aryl methyl sites for hydroxylation is 1. The third-order valence-electron chi connectivity index (χ3n) is 4.66. The molecule has 0 aliphatic rings. The number of para-hydroxylation sites is 2. The molecule has 0 aliphatic heterocycles. The first-order valence-corrected chi connectivity index (χ1v) is 9.00. The summed E-state index contributed by atoms with van der Waals surface area (Å²) < 4.78 is 14.7. The first-order valence-electron chi connectivity index (χ1n) is 9.00. The van der Waals surface area contributed by atoms with Gasteiger partial charge in [0.25, 0.3) is 5.82 Å². The molecule has 0 saturated heterocycles. The highest BCUT2D eigenvalue weighted by Crippen LogP contribution is 2.16. The largest absolute Gasteiger partial charge is 0.491 e. The van der Waals surface area contributed by atoms with E-state index < -0.39 is 6.10 Å². The topological polar surface area (TPSA) is 64.6 Å². The minimum absolute atomic E-state index is 0.164. The summed E-state index contributed by atoms with van der Waals surface area (Å²) in [7, 11) is 3.39. The van der Waals surface area contributed by atoms with Crippen molar-refractivity contribution in [3.8, 4) is 5.75 Å². The zero-order valence-corrected chi connectivity index (χ0v) is 15.9. The van der Waals surface area contributed by atoms with Crippen molar-refractivity contribution in [2.24, 2.45) is 7.05 Å². The van der Waals surface area contributed by atoms with Crippen molar-refractivity contribution >= 4 is 17.0 Å². The van der Waals surface area contributed by atoms with Crippen molar-refractivity contribution in [2.45, 2.75) is 26.0 Å². The molecule has 0 spiro atoms. The Morgan fingerprint density at radius 1 is 1.19 bits per heavy atom. The summed E-state index contributed by atoms with van der Waals surface area (Å²) in [5.41, 5.74) is 2.70. The second-order valence-electron chi connectivity index (χ2n) is 6.41. The molecule has 6 heteroatoms. The number of nitrogens with zero attached hydrogens (tertiary/aromatic N) is 2. The Morgan fingerprint density at radius 3 is 2.56 bits per heavy atom. The van der Waals surface area contributed by atoms with Crippen LogP contribution in [-0.2, 0) is 24.8 Å². The molecular weight excluding hydrogens is 344 g/mol. The molecule has 27 heavy (non-hydrogen) atoms. The Balaban J connectivity index is 1.69. The van der Waals surface area contributed by atoms with Gasteiger partial charge in [-0.3, -0.25) is 0 Å². The first kappa shape index (κ1) is 18.9. The smallest absolute Gasteiger partial charge is 0.337 e. The maximum Gasteiger partial charge on any atom is 0.337 e. The van der Waals surface area contributed by atoms with Crippen LogP contribution in [0.5, 0.6) is 5.75 Å². The number of imidazole rings is 1. The van der Waals surface area contributed by atoms with Crippen LogP contribution in [0.4, 0.5) is 0 Å². The third-order valence-corrected chi connectivity index (χ3v) is 4.66. The number of aromatic nitrogens is 2. The van der Waals surface area contributed by atoms with Gasteiger partial charge in [0.2, 0.25) is 0 Å².